The molecule has 0 bridgehead atoms. The number of aliphatic imine (C=N–C) groups is 2. The number of aromatic nitrogens is 2. The van der Waals surface area contributed by atoms with Crippen molar-refractivity contribution in [1.29, 1.82) is 0 Å². The zero-order chi connectivity index (χ0) is 24.3. The molecule has 0 radical (unpaired) electrons. The van der Waals surface area contributed by atoms with Crippen LogP contribution in [0.1, 0.15) is 18.2 Å². The van der Waals surface area contributed by atoms with E-state index in [0.29, 0.717) is 25.5 Å². The molecule has 2 aromatic heterocycles. The van der Waals surface area contributed by atoms with Crippen molar-refractivity contribution in [2.24, 2.45) is 9.98 Å². The summed E-state index contributed by atoms with van der Waals surface area (Å²) in [7, 11) is 1.67. The van der Waals surface area contributed by atoms with Gasteiger partial charge in [0.1, 0.15) is 18.1 Å². The molecule has 0 atom stereocenters. The number of nitrogens with one attached hydrogen (secondary N) is 3. The number of ether oxygens (including phenoxy) is 2. The Bertz CT molecular complexity index is 1050. The molecule has 186 valence electrons. The second-order valence-electron chi connectivity index (χ2n) is 8.37. The molecule has 2 aliphatic rings. The lowest BCUT2D eigenvalue weighted by atomic mass is 10.1. The van der Waals surface area contributed by atoms with E-state index >= 15 is 0 Å². The highest BCUT2D eigenvalue weighted by Crippen LogP contribution is 2.27. The SMILES string of the molecule is COC/C(=N\c1ccc(C2=CN=C(C)NC2)nc1NCc1cccnc1)NCCN1CCOCC1. The van der Waals surface area contributed by atoms with Crippen molar-refractivity contribution in [1.82, 2.24) is 25.5 Å². The predicted molar refractivity (Wildman–Crippen MR) is 139 cm³/mol. The molecule has 35 heavy (non-hydrogen) atoms. The fourth-order valence-electron chi connectivity index (χ4n) is 3.77. The summed E-state index contributed by atoms with van der Waals surface area (Å²) in [6, 6.07) is 7.92. The molecule has 0 amide bonds. The maximum atomic E-state index is 5.43. The van der Waals surface area contributed by atoms with E-state index in [0.717, 1.165) is 73.6 Å². The first kappa shape index (κ1) is 24.8. The summed E-state index contributed by atoms with van der Waals surface area (Å²) >= 11 is 0. The van der Waals surface area contributed by atoms with E-state index in [9.17, 15) is 0 Å². The van der Waals surface area contributed by atoms with Crippen LogP contribution in [0.5, 0.6) is 0 Å². The average molecular weight is 479 g/mol. The Kier molecular flexibility index (Phi) is 9.16. The van der Waals surface area contributed by atoms with Crippen LogP contribution in [0.3, 0.4) is 0 Å². The molecule has 10 heteroatoms. The van der Waals surface area contributed by atoms with E-state index in [1.807, 2.05) is 43.6 Å². The molecule has 1 saturated heterocycles. The summed E-state index contributed by atoms with van der Waals surface area (Å²) in [6.07, 6.45) is 5.47. The van der Waals surface area contributed by atoms with Crippen molar-refractivity contribution in [3.05, 3.63) is 54.1 Å². The van der Waals surface area contributed by atoms with Crippen LogP contribution in [0.15, 0.2) is 52.8 Å². The van der Waals surface area contributed by atoms with Gasteiger partial charge in [0, 0.05) is 70.5 Å². The fourth-order valence-corrected chi connectivity index (χ4v) is 3.77. The van der Waals surface area contributed by atoms with Crippen LogP contribution in [-0.2, 0) is 16.0 Å². The van der Waals surface area contributed by atoms with Gasteiger partial charge in [0.25, 0.3) is 0 Å². The smallest absolute Gasteiger partial charge is 0.152 e. The molecule has 4 heterocycles. The quantitative estimate of drug-likeness (QED) is 0.352. The van der Waals surface area contributed by atoms with Gasteiger partial charge in [0.2, 0.25) is 0 Å². The van der Waals surface area contributed by atoms with Gasteiger partial charge in [0.15, 0.2) is 5.82 Å². The minimum Gasteiger partial charge on any atom is -0.379 e. The Balaban J connectivity index is 1.53. The zero-order valence-electron chi connectivity index (χ0n) is 20.5. The zero-order valence-corrected chi connectivity index (χ0v) is 20.5. The summed E-state index contributed by atoms with van der Waals surface area (Å²) in [5.41, 5.74) is 3.69. The lowest BCUT2D eigenvalue weighted by Crippen LogP contribution is -2.41. The van der Waals surface area contributed by atoms with Crippen LogP contribution < -0.4 is 16.0 Å². The molecule has 2 aromatic rings. The number of methoxy groups -OCH3 is 1. The van der Waals surface area contributed by atoms with E-state index in [2.05, 4.69) is 30.8 Å². The number of amidine groups is 2. The summed E-state index contributed by atoms with van der Waals surface area (Å²) in [5.74, 6) is 2.36. The largest absolute Gasteiger partial charge is 0.379 e. The molecule has 0 aliphatic carbocycles. The number of hydrogen-bond acceptors (Lipinski definition) is 9. The van der Waals surface area contributed by atoms with Gasteiger partial charge in [-0.1, -0.05) is 6.07 Å². The van der Waals surface area contributed by atoms with Crippen LogP contribution in [0, 0.1) is 0 Å². The third-order valence-corrected chi connectivity index (χ3v) is 5.73. The third-order valence-electron chi connectivity index (χ3n) is 5.73. The van der Waals surface area contributed by atoms with Crippen LogP contribution in [0.2, 0.25) is 0 Å². The van der Waals surface area contributed by atoms with E-state index in [4.69, 9.17) is 19.5 Å². The highest BCUT2D eigenvalue weighted by molar-refractivity contribution is 5.88. The predicted octanol–water partition coefficient (Wildman–Crippen LogP) is 2.05. The monoisotopic (exact) mass is 478 g/mol. The van der Waals surface area contributed by atoms with Crippen LogP contribution >= 0.6 is 0 Å². The number of rotatable bonds is 10. The maximum absolute atomic E-state index is 5.43. The van der Waals surface area contributed by atoms with Gasteiger partial charge < -0.3 is 25.4 Å². The van der Waals surface area contributed by atoms with Gasteiger partial charge in [-0.3, -0.25) is 9.88 Å². The number of hydrogen-bond donors (Lipinski definition) is 3. The normalized spacial score (nSPS) is 16.8. The Morgan fingerprint density at radius 1 is 1.26 bits per heavy atom. The van der Waals surface area contributed by atoms with Crippen LogP contribution in [-0.4, -0.2) is 86.2 Å². The Morgan fingerprint density at radius 2 is 2.14 bits per heavy atom. The first-order valence-electron chi connectivity index (χ1n) is 11.9. The highest BCUT2D eigenvalue weighted by Gasteiger charge is 2.13. The lowest BCUT2D eigenvalue weighted by Gasteiger charge is -2.26. The Morgan fingerprint density at radius 3 is 2.89 bits per heavy atom. The van der Waals surface area contributed by atoms with Crippen LogP contribution in [0.4, 0.5) is 11.5 Å². The molecule has 0 spiro atoms. The molecule has 0 saturated carbocycles. The number of morpholine rings is 1. The Labute approximate surface area is 206 Å². The Hall–Kier alpha value is -3.34. The van der Waals surface area contributed by atoms with Crippen molar-refractivity contribution in [2.45, 2.75) is 13.5 Å². The molecule has 0 unspecified atom stereocenters. The second-order valence-corrected chi connectivity index (χ2v) is 8.37. The first-order valence-corrected chi connectivity index (χ1v) is 11.9. The molecule has 2 aliphatic heterocycles. The van der Waals surface area contributed by atoms with E-state index in [1.54, 1.807) is 13.3 Å². The standard InChI is InChI=1S/C25H34N8O2/c1-19-28-16-21(17-29-19)22-5-6-23(25(32-22)30-15-20-4-3-7-26-14-20)31-24(18-34-2)27-8-9-33-10-12-35-13-11-33/h3-7,14,16H,8-13,15,17-18H2,1-2H3,(H,27,31)(H,28,29)(H,30,32). The first-order chi connectivity index (χ1) is 17.2. The minimum atomic E-state index is 0.385. The van der Waals surface area contributed by atoms with Gasteiger partial charge >= 0.3 is 0 Å². The molecular weight excluding hydrogens is 444 g/mol. The fraction of sp³-hybridized carbons (Fsp3) is 0.440. The number of anilines is 1. The maximum Gasteiger partial charge on any atom is 0.152 e. The molecule has 3 N–H and O–H groups in total. The van der Waals surface area contributed by atoms with Gasteiger partial charge in [0.05, 0.1) is 24.7 Å². The van der Waals surface area contributed by atoms with E-state index in [1.165, 1.54) is 0 Å². The lowest BCUT2D eigenvalue weighted by molar-refractivity contribution is 0.0389. The molecule has 0 aromatic carbocycles. The summed E-state index contributed by atoms with van der Waals surface area (Å²) in [5, 5.41) is 10.1. The van der Waals surface area contributed by atoms with Crippen LogP contribution in [0.25, 0.3) is 5.57 Å². The van der Waals surface area contributed by atoms with E-state index < -0.39 is 0 Å². The minimum absolute atomic E-state index is 0.385. The van der Waals surface area contributed by atoms with Crippen molar-refractivity contribution < 1.29 is 9.47 Å². The van der Waals surface area contributed by atoms with Crippen molar-refractivity contribution in [2.75, 3.05) is 65.0 Å². The van der Waals surface area contributed by atoms with Gasteiger partial charge in [-0.15, -0.1) is 0 Å². The van der Waals surface area contributed by atoms with Gasteiger partial charge in [-0.25, -0.2) is 15.0 Å². The third kappa shape index (κ3) is 7.57. The van der Waals surface area contributed by atoms with Gasteiger partial charge in [-0.2, -0.15) is 0 Å². The number of nitrogens with zero attached hydrogens (tertiary/aromatic N) is 5. The number of pyridine rings is 2. The average Bonchev–Trinajstić information content (AvgIpc) is 2.90. The van der Waals surface area contributed by atoms with Crippen molar-refractivity contribution in [3.63, 3.8) is 0 Å². The molecule has 4 rings (SSSR count). The highest BCUT2D eigenvalue weighted by atomic mass is 16.5. The van der Waals surface area contributed by atoms with Crippen molar-refractivity contribution >= 4 is 28.7 Å². The second kappa shape index (κ2) is 12.9. The molecule has 10 nitrogen and oxygen atoms in total. The topological polar surface area (TPSA) is 108 Å². The molecular formula is C25H34N8O2. The van der Waals surface area contributed by atoms with Crippen molar-refractivity contribution in [3.8, 4) is 0 Å². The van der Waals surface area contributed by atoms with E-state index in [-0.39, 0.29) is 0 Å². The molecule has 1 fully saturated rings. The summed E-state index contributed by atoms with van der Waals surface area (Å²) in [4.78, 5) is 20.7. The van der Waals surface area contributed by atoms with Gasteiger partial charge in [-0.05, 0) is 30.7 Å². The summed E-state index contributed by atoms with van der Waals surface area (Å²) < 4.78 is 10.8. The summed E-state index contributed by atoms with van der Waals surface area (Å²) in [6.45, 7) is 8.81.